The van der Waals surface area contributed by atoms with E-state index in [1.165, 1.54) is 12.3 Å². The van der Waals surface area contributed by atoms with Gasteiger partial charge < -0.3 is 9.84 Å². The topological polar surface area (TPSA) is 66.1 Å². The van der Waals surface area contributed by atoms with Gasteiger partial charge in [0, 0.05) is 34.7 Å². The van der Waals surface area contributed by atoms with E-state index in [0.717, 1.165) is 12.1 Å². The van der Waals surface area contributed by atoms with Crippen LogP contribution >= 0.6 is 12.6 Å². The molecule has 0 spiro atoms. The van der Waals surface area contributed by atoms with Crippen LogP contribution in [-0.4, -0.2) is 16.0 Å². The molecule has 118 valence electrons. The molecule has 1 aromatic carbocycles. The molecule has 1 aliphatic rings. The van der Waals surface area contributed by atoms with E-state index in [9.17, 15) is 18.3 Å². The number of halogens is 3. The molecule has 1 aromatic heterocycles. The van der Waals surface area contributed by atoms with Crippen LogP contribution < -0.4 is 4.74 Å². The Balaban J connectivity index is 2.04. The lowest BCUT2D eigenvalue weighted by Gasteiger charge is -2.14. The molecule has 1 heterocycles. The Labute approximate surface area is 134 Å². The minimum atomic E-state index is -3.36. The van der Waals surface area contributed by atoms with Crippen molar-refractivity contribution in [1.82, 2.24) is 4.98 Å². The van der Waals surface area contributed by atoms with Gasteiger partial charge in [-0.3, -0.25) is 0 Å². The van der Waals surface area contributed by atoms with Crippen molar-refractivity contribution in [1.29, 1.82) is 5.26 Å². The largest absolute Gasteiger partial charge is 0.439 e. The Bertz CT molecular complexity index is 836. The van der Waals surface area contributed by atoms with Gasteiger partial charge in [0.1, 0.15) is 17.7 Å². The molecule has 1 unspecified atom stereocenters. The lowest BCUT2D eigenvalue weighted by Crippen LogP contribution is -2.21. The van der Waals surface area contributed by atoms with Gasteiger partial charge >= 0.3 is 0 Å². The average Bonchev–Trinajstić information content (AvgIpc) is 2.73. The zero-order valence-electron chi connectivity index (χ0n) is 11.4. The maximum absolute atomic E-state index is 13.7. The molecule has 0 saturated carbocycles. The predicted molar refractivity (Wildman–Crippen MR) is 76.3 cm³/mol. The molecule has 1 atom stereocenters. The normalized spacial score (nSPS) is 18.3. The Morgan fingerprint density at radius 2 is 2.13 bits per heavy atom. The standard InChI is InChI=1S/C15H9F3N2O2S/c16-8-1-7(5-19)2-9(3-8)22-14-10-4-15(17,18)13(21)12(10)11(23)6-20-14/h1-3,6,13,21,23H,4H2. The number of benzene rings is 1. The highest BCUT2D eigenvalue weighted by Gasteiger charge is 2.49. The summed E-state index contributed by atoms with van der Waals surface area (Å²) in [5.41, 5.74) is -0.0224. The van der Waals surface area contributed by atoms with Crippen LogP contribution in [-0.2, 0) is 6.42 Å². The molecule has 0 radical (unpaired) electrons. The second-order valence-corrected chi connectivity index (χ2v) is 5.55. The van der Waals surface area contributed by atoms with Crippen LogP contribution in [0.3, 0.4) is 0 Å². The summed E-state index contributed by atoms with van der Waals surface area (Å²) in [7, 11) is 0. The van der Waals surface area contributed by atoms with Gasteiger partial charge in [0.2, 0.25) is 5.88 Å². The van der Waals surface area contributed by atoms with Gasteiger partial charge in [-0.1, -0.05) is 0 Å². The Kier molecular flexibility index (Phi) is 3.70. The number of rotatable bonds is 2. The van der Waals surface area contributed by atoms with Crippen molar-refractivity contribution in [3.63, 3.8) is 0 Å². The van der Waals surface area contributed by atoms with Gasteiger partial charge in [-0.25, -0.2) is 18.2 Å². The summed E-state index contributed by atoms with van der Waals surface area (Å²) in [6.07, 6.45) is -1.59. The summed E-state index contributed by atoms with van der Waals surface area (Å²) in [6, 6.07) is 5.04. The van der Waals surface area contributed by atoms with Crippen molar-refractivity contribution < 1.29 is 23.0 Å². The zero-order valence-corrected chi connectivity index (χ0v) is 12.3. The number of thiol groups is 1. The first kappa shape index (κ1) is 15.6. The van der Waals surface area contributed by atoms with Crippen LogP contribution in [0.15, 0.2) is 29.3 Å². The maximum atomic E-state index is 13.7. The number of aliphatic hydroxyl groups is 1. The van der Waals surface area contributed by atoms with E-state index in [1.54, 1.807) is 6.07 Å². The van der Waals surface area contributed by atoms with Crippen LogP contribution in [0.1, 0.15) is 22.8 Å². The molecule has 1 N–H and O–H groups in total. The van der Waals surface area contributed by atoms with Crippen molar-refractivity contribution in [3.8, 4) is 17.7 Å². The zero-order chi connectivity index (χ0) is 16.8. The molecule has 0 aliphatic heterocycles. The highest BCUT2D eigenvalue weighted by molar-refractivity contribution is 7.80. The van der Waals surface area contributed by atoms with Crippen molar-refractivity contribution in [2.45, 2.75) is 23.3 Å². The number of fused-ring (bicyclic) bond motifs is 1. The fraction of sp³-hybridized carbons (Fsp3) is 0.200. The number of nitriles is 1. The van der Waals surface area contributed by atoms with E-state index in [0.29, 0.717) is 0 Å². The number of aromatic nitrogens is 1. The first-order valence-electron chi connectivity index (χ1n) is 6.47. The number of pyridine rings is 1. The van der Waals surface area contributed by atoms with Gasteiger partial charge in [-0.2, -0.15) is 5.26 Å². The van der Waals surface area contributed by atoms with E-state index in [4.69, 9.17) is 10.00 Å². The summed E-state index contributed by atoms with van der Waals surface area (Å²) >= 11 is 4.03. The minimum absolute atomic E-state index is 0.0118. The van der Waals surface area contributed by atoms with Crippen LogP contribution in [0.4, 0.5) is 13.2 Å². The maximum Gasteiger partial charge on any atom is 0.281 e. The lowest BCUT2D eigenvalue weighted by atomic mass is 10.1. The molecule has 3 rings (SSSR count). The molecule has 23 heavy (non-hydrogen) atoms. The van der Waals surface area contributed by atoms with Gasteiger partial charge in [0.05, 0.1) is 11.6 Å². The fourth-order valence-electron chi connectivity index (χ4n) is 2.44. The van der Waals surface area contributed by atoms with Crippen molar-refractivity contribution >= 4 is 12.6 Å². The van der Waals surface area contributed by atoms with E-state index < -0.39 is 24.3 Å². The highest BCUT2D eigenvalue weighted by Crippen LogP contribution is 2.48. The number of nitrogens with zero attached hydrogens (tertiary/aromatic N) is 2. The van der Waals surface area contributed by atoms with Gasteiger partial charge in [-0.15, -0.1) is 12.6 Å². The lowest BCUT2D eigenvalue weighted by molar-refractivity contribution is -0.0976. The predicted octanol–water partition coefficient (Wildman–Crippen LogP) is 3.40. The third-order valence-corrected chi connectivity index (χ3v) is 3.82. The first-order valence-corrected chi connectivity index (χ1v) is 6.91. The molecule has 4 nitrogen and oxygen atoms in total. The van der Waals surface area contributed by atoms with E-state index in [-0.39, 0.29) is 33.2 Å². The molecule has 8 heteroatoms. The molecule has 0 amide bonds. The van der Waals surface area contributed by atoms with Crippen molar-refractivity contribution in [2.24, 2.45) is 0 Å². The van der Waals surface area contributed by atoms with Gasteiger partial charge in [0.25, 0.3) is 5.92 Å². The summed E-state index contributed by atoms with van der Waals surface area (Å²) in [4.78, 5) is 4.00. The second-order valence-electron chi connectivity index (χ2n) is 5.07. The smallest absolute Gasteiger partial charge is 0.281 e. The van der Waals surface area contributed by atoms with Crippen LogP contribution in [0, 0.1) is 17.1 Å². The monoisotopic (exact) mass is 338 g/mol. The van der Waals surface area contributed by atoms with Gasteiger partial charge in [-0.05, 0) is 12.1 Å². The second kappa shape index (κ2) is 5.44. The first-order chi connectivity index (χ1) is 10.8. The molecule has 2 aromatic rings. The van der Waals surface area contributed by atoms with Crippen LogP contribution in [0.25, 0.3) is 0 Å². The van der Waals surface area contributed by atoms with Crippen LogP contribution in [0.5, 0.6) is 11.6 Å². The molecular formula is C15H9F3N2O2S. The number of ether oxygens (including phenoxy) is 1. The molecule has 0 fully saturated rings. The van der Waals surface area contributed by atoms with E-state index in [2.05, 4.69) is 17.6 Å². The van der Waals surface area contributed by atoms with Crippen LogP contribution in [0.2, 0.25) is 0 Å². The highest BCUT2D eigenvalue weighted by atomic mass is 32.1. The fourth-order valence-corrected chi connectivity index (χ4v) is 2.76. The molecule has 0 saturated heterocycles. The van der Waals surface area contributed by atoms with Crippen molar-refractivity contribution in [3.05, 3.63) is 46.9 Å². The summed E-state index contributed by atoms with van der Waals surface area (Å²) in [6.45, 7) is 0. The third kappa shape index (κ3) is 2.73. The summed E-state index contributed by atoms with van der Waals surface area (Å²) in [5.74, 6) is -4.29. The molecule has 0 bridgehead atoms. The summed E-state index contributed by atoms with van der Waals surface area (Å²) in [5, 5.41) is 18.5. The SMILES string of the molecule is N#Cc1cc(F)cc(Oc2ncc(S)c3c2CC(F)(F)C3O)c1. The number of alkyl halides is 2. The quantitative estimate of drug-likeness (QED) is 0.824. The Morgan fingerprint density at radius 1 is 1.39 bits per heavy atom. The third-order valence-electron chi connectivity index (χ3n) is 3.46. The van der Waals surface area contributed by atoms with Gasteiger partial charge in [0.15, 0.2) is 0 Å². The Hall–Kier alpha value is -2.24. The Morgan fingerprint density at radius 3 is 2.83 bits per heavy atom. The molecular weight excluding hydrogens is 329 g/mol. The number of aliphatic hydroxyl groups excluding tert-OH is 1. The van der Waals surface area contributed by atoms with Crippen molar-refractivity contribution in [2.75, 3.05) is 0 Å². The van der Waals surface area contributed by atoms with E-state index >= 15 is 0 Å². The number of hydrogen-bond acceptors (Lipinski definition) is 5. The summed E-state index contributed by atoms with van der Waals surface area (Å²) < 4.78 is 46.3. The van der Waals surface area contributed by atoms with E-state index in [1.807, 2.05) is 0 Å². The average molecular weight is 338 g/mol. The molecule has 1 aliphatic carbocycles. The number of hydrogen-bond donors (Lipinski definition) is 2. The minimum Gasteiger partial charge on any atom is -0.439 e.